The van der Waals surface area contributed by atoms with Crippen molar-refractivity contribution in [1.29, 1.82) is 0 Å². The first kappa shape index (κ1) is 10.3. The Kier molecular flexibility index (Phi) is 2.16. The lowest BCUT2D eigenvalue weighted by Crippen LogP contribution is -2.16. The van der Waals surface area contributed by atoms with Crippen molar-refractivity contribution >= 4 is 20.9 Å². The topological polar surface area (TPSA) is 62.8 Å². The summed E-state index contributed by atoms with van der Waals surface area (Å²) in [5, 5.41) is -0.581. The SMILES string of the molecule is O=S(=O)(c1nc2ccccc2[nH]1)C1C=CC=C1. The van der Waals surface area contributed by atoms with Gasteiger partial charge in [-0.15, -0.1) is 0 Å². The quantitative estimate of drug-likeness (QED) is 0.879. The lowest BCUT2D eigenvalue weighted by molar-refractivity contribution is 0.587. The van der Waals surface area contributed by atoms with E-state index < -0.39 is 15.1 Å². The summed E-state index contributed by atoms with van der Waals surface area (Å²) >= 11 is 0. The van der Waals surface area contributed by atoms with Crippen LogP contribution in [0.1, 0.15) is 0 Å². The number of benzene rings is 1. The van der Waals surface area contributed by atoms with Gasteiger partial charge in [-0.25, -0.2) is 13.4 Å². The number of nitrogens with zero attached hydrogens (tertiary/aromatic N) is 1. The first-order chi connectivity index (χ1) is 8.18. The number of aromatic amines is 1. The van der Waals surface area contributed by atoms with E-state index in [0.717, 1.165) is 5.52 Å². The van der Waals surface area contributed by atoms with Crippen molar-refractivity contribution in [3.63, 3.8) is 0 Å². The second kappa shape index (κ2) is 3.56. The van der Waals surface area contributed by atoms with Crippen LogP contribution in [0, 0.1) is 0 Å². The van der Waals surface area contributed by atoms with Crippen LogP contribution < -0.4 is 0 Å². The maximum atomic E-state index is 12.2. The van der Waals surface area contributed by atoms with Gasteiger partial charge in [-0.3, -0.25) is 0 Å². The predicted octanol–water partition coefficient (Wildman–Crippen LogP) is 1.83. The minimum absolute atomic E-state index is 0.0277. The van der Waals surface area contributed by atoms with E-state index in [1.807, 2.05) is 18.2 Å². The maximum absolute atomic E-state index is 12.2. The second-order valence-electron chi connectivity index (χ2n) is 3.84. The first-order valence-corrected chi connectivity index (χ1v) is 6.76. The van der Waals surface area contributed by atoms with Gasteiger partial charge in [0.25, 0.3) is 0 Å². The zero-order chi connectivity index (χ0) is 11.9. The van der Waals surface area contributed by atoms with E-state index in [2.05, 4.69) is 9.97 Å². The highest BCUT2D eigenvalue weighted by Crippen LogP contribution is 2.21. The molecule has 0 amide bonds. The Hall–Kier alpha value is -1.88. The van der Waals surface area contributed by atoms with Gasteiger partial charge in [-0.2, -0.15) is 0 Å². The number of sulfone groups is 1. The van der Waals surface area contributed by atoms with Gasteiger partial charge in [-0.05, 0) is 12.1 Å². The maximum Gasteiger partial charge on any atom is 0.226 e. The summed E-state index contributed by atoms with van der Waals surface area (Å²) in [5.74, 6) is 0. The van der Waals surface area contributed by atoms with Crippen molar-refractivity contribution in [1.82, 2.24) is 9.97 Å². The smallest absolute Gasteiger partial charge is 0.226 e. The average Bonchev–Trinajstić information content (AvgIpc) is 2.98. The van der Waals surface area contributed by atoms with E-state index in [9.17, 15) is 8.42 Å². The first-order valence-electron chi connectivity index (χ1n) is 5.21. The van der Waals surface area contributed by atoms with Crippen molar-refractivity contribution in [3.8, 4) is 0 Å². The highest BCUT2D eigenvalue weighted by atomic mass is 32.2. The number of nitrogens with one attached hydrogen (secondary N) is 1. The summed E-state index contributed by atoms with van der Waals surface area (Å²) in [5.41, 5.74) is 1.40. The fourth-order valence-electron chi connectivity index (χ4n) is 1.81. The summed E-state index contributed by atoms with van der Waals surface area (Å²) in [6.07, 6.45) is 6.74. The molecule has 1 aliphatic rings. The van der Waals surface area contributed by atoms with Crippen molar-refractivity contribution < 1.29 is 8.42 Å². The summed E-state index contributed by atoms with van der Waals surface area (Å²) in [7, 11) is -3.44. The average molecular weight is 246 g/mol. The lowest BCUT2D eigenvalue weighted by Gasteiger charge is -2.03. The fourth-order valence-corrected chi connectivity index (χ4v) is 3.14. The fraction of sp³-hybridized carbons (Fsp3) is 0.0833. The van der Waals surface area contributed by atoms with Crippen molar-refractivity contribution in [2.24, 2.45) is 0 Å². The molecule has 1 aromatic carbocycles. The third-order valence-electron chi connectivity index (χ3n) is 2.71. The van der Waals surface area contributed by atoms with E-state index in [1.165, 1.54) is 0 Å². The molecule has 0 radical (unpaired) electrons. The van der Waals surface area contributed by atoms with Gasteiger partial charge in [0.15, 0.2) is 0 Å². The Morgan fingerprint density at radius 2 is 1.82 bits per heavy atom. The van der Waals surface area contributed by atoms with Gasteiger partial charge in [0, 0.05) is 0 Å². The molecule has 3 rings (SSSR count). The molecule has 4 nitrogen and oxygen atoms in total. The molecule has 5 heteroatoms. The van der Waals surface area contributed by atoms with Gasteiger partial charge in [0.1, 0.15) is 5.25 Å². The Labute approximate surface area is 98.6 Å². The van der Waals surface area contributed by atoms with E-state index in [0.29, 0.717) is 5.52 Å². The molecule has 0 fully saturated rings. The number of para-hydroxylation sites is 2. The monoisotopic (exact) mass is 246 g/mol. The molecule has 1 N–H and O–H groups in total. The Morgan fingerprint density at radius 1 is 1.12 bits per heavy atom. The highest BCUT2D eigenvalue weighted by Gasteiger charge is 2.27. The van der Waals surface area contributed by atoms with Crippen molar-refractivity contribution in [2.75, 3.05) is 0 Å². The predicted molar refractivity (Wildman–Crippen MR) is 65.3 cm³/mol. The summed E-state index contributed by atoms with van der Waals surface area (Å²) in [4.78, 5) is 6.96. The zero-order valence-electron chi connectivity index (χ0n) is 8.87. The Bertz CT molecular complexity index is 681. The molecular weight excluding hydrogens is 236 g/mol. The molecule has 0 atom stereocenters. The molecule has 2 aromatic rings. The molecule has 0 bridgehead atoms. The van der Waals surface area contributed by atoms with E-state index in [-0.39, 0.29) is 5.16 Å². The molecule has 1 aliphatic carbocycles. The molecule has 0 saturated heterocycles. The van der Waals surface area contributed by atoms with Crippen molar-refractivity contribution in [2.45, 2.75) is 10.4 Å². The number of imidazole rings is 1. The van der Waals surface area contributed by atoms with Crippen LogP contribution in [0.3, 0.4) is 0 Å². The highest BCUT2D eigenvalue weighted by molar-refractivity contribution is 7.92. The lowest BCUT2D eigenvalue weighted by atomic mass is 10.3. The van der Waals surface area contributed by atoms with Crippen LogP contribution >= 0.6 is 0 Å². The zero-order valence-corrected chi connectivity index (χ0v) is 9.68. The second-order valence-corrected chi connectivity index (χ2v) is 5.86. The van der Waals surface area contributed by atoms with Crippen LogP contribution in [-0.4, -0.2) is 23.6 Å². The van der Waals surface area contributed by atoms with Crippen molar-refractivity contribution in [3.05, 3.63) is 48.6 Å². The Morgan fingerprint density at radius 3 is 2.53 bits per heavy atom. The van der Waals surface area contributed by atoms with E-state index >= 15 is 0 Å². The number of rotatable bonds is 2. The van der Waals surface area contributed by atoms with Crippen LogP contribution in [0.15, 0.2) is 53.7 Å². The molecule has 1 aromatic heterocycles. The largest absolute Gasteiger partial charge is 0.329 e. The number of allylic oxidation sites excluding steroid dienone is 2. The number of H-pyrrole nitrogens is 1. The number of hydrogen-bond donors (Lipinski definition) is 1. The van der Waals surface area contributed by atoms with Gasteiger partial charge in [0.2, 0.25) is 15.0 Å². The molecule has 0 saturated carbocycles. The van der Waals surface area contributed by atoms with Gasteiger partial charge < -0.3 is 4.98 Å². The van der Waals surface area contributed by atoms with Crippen LogP contribution in [-0.2, 0) is 9.84 Å². The van der Waals surface area contributed by atoms with Crippen LogP contribution in [0.2, 0.25) is 0 Å². The number of hydrogen-bond acceptors (Lipinski definition) is 3. The summed E-state index contributed by atoms with van der Waals surface area (Å²) in [6.45, 7) is 0. The van der Waals surface area contributed by atoms with Crippen LogP contribution in [0.4, 0.5) is 0 Å². The third-order valence-corrected chi connectivity index (χ3v) is 4.47. The summed E-state index contributed by atoms with van der Waals surface area (Å²) < 4.78 is 24.4. The van der Waals surface area contributed by atoms with Crippen LogP contribution in [0.25, 0.3) is 11.0 Å². The number of aromatic nitrogens is 2. The molecule has 1 heterocycles. The Balaban J connectivity index is 2.15. The number of fused-ring (bicyclic) bond motifs is 1. The molecule has 0 unspecified atom stereocenters. The van der Waals surface area contributed by atoms with Gasteiger partial charge in [-0.1, -0.05) is 36.4 Å². The van der Waals surface area contributed by atoms with E-state index in [4.69, 9.17) is 0 Å². The normalized spacial score (nSPS) is 16.0. The van der Waals surface area contributed by atoms with Crippen LogP contribution in [0.5, 0.6) is 0 Å². The minimum atomic E-state index is -3.44. The standard InChI is InChI=1S/C12H10N2O2S/c15-17(16,9-5-1-2-6-9)12-13-10-7-3-4-8-11(10)14-12/h1-9H,(H,13,14). The molecule has 86 valence electrons. The van der Waals surface area contributed by atoms with Gasteiger partial charge in [0.05, 0.1) is 11.0 Å². The summed E-state index contributed by atoms with van der Waals surface area (Å²) in [6, 6.07) is 7.26. The third kappa shape index (κ3) is 1.59. The van der Waals surface area contributed by atoms with E-state index in [1.54, 1.807) is 30.4 Å². The van der Waals surface area contributed by atoms with Gasteiger partial charge >= 0.3 is 0 Å². The molecular formula is C12H10N2O2S. The minimum Gasteiger partial charge on any atom is -0.329 e. The molecule has 0 aliphatic heterocycles. The molecule has 0 spiro atoms. The molecule has 17 heavy (non-hydrogen) atoms.